The first kappa shape index (κ1) is 15.8. The number of likely N-dealkylation sites (tertiary alicyclic amines) is 1. The Hall–Kier alpha value is -3.07. The van der Waals surface area contributed by atoms with Crippen molar-refractivity contribution in [2.24, 2.45) is 0 Å². The number of hydrogen-bond donors (Lipinski definition) is 0. The van der Waals surface area contributed by atoms with E-state index < -0.39 is 0 Å². The van der Waals surface area contributed by atoms with Gasteiger partial charge >= 0.3 is 0 Å². The van der Waals surface area contributed by atoms with Crippen LogP contribution in [0.2, 0.25) is 0 Å². The average Bonchev–Trinajstić information content (AvgIpc) is 2.57. The van der Waals surface area contributed by atoms with Crippen molar-refractivity contribution in [1.29, 1.82) is 5.26 Å². The molecular weight excluding hydrogens is 304 g/mol. The monoisotopic (exact) mass is 322 g/mol. The zero-order valence-corrected chi connectivity index (χ0v) is 13.6. The predicted octanol–water partition coefficient (Wildman–Crippen LogP) is 1.92. The number of aromatic nitrogens is 1. The van der Waals surface area contributed by atoms with E-state index in [1.165, 1.54) is 0 Å². The molecule has 1 aliphatic rings. The number of carbonyl (C=O) groups is 1. The number of nitriles is 1. The van der Waals surface area contributed by atoms with E-state index in [4.69, 9.17) is 10.00 Å². The first-order valence-electron chi connectivity index (χ1n) is 7.66. The Morgan fingerprint density at radius 1 is 1.29 bits per heavy atom. The molecule has 0 saturated carbocycles. The lowest BCUT2D eigenvalue weighted by molar-refractivity contribution is 0.0160. The minimum Gasteiger partial charge on any atom is -0.471 e. The zero-order chi connectivity index (χ0) is 17.1. The summed E-state index contributed by atoms with van der Waals surface area (Å²) in [4.78, 5) is 20.2. The molecule has 0 bridgehead atoms. The maximum atomic E-state index is 12.4. The van der Waals surface area contributed by atoms with Crippen molar-refractivity contribution >= 4 is 11.6 Å². The summed E-state index contributed by atoms with van der Waals surface area (Å²) in [5.41, 5.74) is 2.23. The molecule has 1 saturated heterocycles. The Labute approximate surface area is 140 Å². The van der Waals surface area contributed by atoms with Crippen molar-refractivity contribution in [1.82, 2.24) is 9.88 Å². The Bertz CT molecular complexity index is 774. The fraction of sp³-hybridized carbons (Fsp3) is 0.278. The van der Waals surface area contributed by atoms with E-state index in [1.54, 1.807) is 23.2 Å². The molecule has 1 amide bonds. The van der Waals surface area contributed by atoms with E-state index in [2.05, 4.69) is 4.98 Å². The topological polar surface area (TPSA) is 69.5 Å². The van der Waals surface area contributed by atoms with Gasteiger partial charge in [-0.05, 0) is 30.3 Å². The molecule has 0 unspecified atom stereocenters. The van der Waals surface area contributed by atoms with E-state index in [0.717, 1.165) is 5.69 Å². The summed E-state index contributed by atoms with van der Waals surface area (Å²) in [6.07, 6.45) is 1.46. The van der Waals surface area contributed by atoms with Crippen LogP contribution in [0, 0.1) is 11.3 Å². The van der Waals surface area contributed by atoms with Crippen LogP contribution in [0.4, 0.5) is 5.69 Å². The lowest BCUT2D eigenvalue weighted by Gasteiger charge is -2.38. The molecule has 1 aromatic heterocycles. The number of amides is 1. The maximum absolute atomic E-state index is 12.4. The van der Waals surface area contributed by atoms with Gasteiger partial charge in [-0.25, -0.2) is 4.98 Å². The number of carbonyl (C=O) groups excluding carboxylic acids is 1. The predicted molar refractivity (Wildman–Crippen MR) is 90.0 cm³/mol. The van der Waals surface area contributed by atoms with E-state index in [-0.39, 0.29) is 12.0 Å². The van der Waals surface area contributed by atoms with Gasteiger partial charge in [0.05, 0.1) is 24.7 Å². The van der Waals surface area contributed by atoms with Crippen LogP contribution >= 0.6 is 0 Å². The van der Waals surface area contributed by atoms with E-state index in [9.17, 15) is 4.79 Å². The molecule has 6 nitrogen and oxygen atoms in total. The van der Waals surface area contributed by atoms with E-state index in [0.29, 0.717) is 30.1 Å². The molecule has 1 aromatic carbocycles. The first-order chi connectivity index (χ1) is 11.6. The number of anilines is 1. The molecule has 122 valence electrons. The van der Waals surface area contributed by atoms with Crippen LogP contribution in [0.15, 0.2) is 42.6 Å². The standard InChI is InChI=1S/C18H18N4O2/c1-21(2)15-5-3-14(4-6-15)18(23)22-11-16(12-22)24-17-9-13(10-19)7-8-20-17/h3-9,16H,11-12H2,1-2H3. The molecule has 2 aromatic rings. The molecule has 0 N–H and O–H groups in total. The van der Waals surface area contributed by atoms with Crippen LogP contribution in [-0.4, -0.2) is 49.1 Å². The van der Waals surface area contributed by atoms with Crippen molar-refractivity contribution < 1.29 is 9.53 Å². The van der Waals surface area contributed by atoms with Crippen molar-refractivity contribution in [3.63, 3.8) is 0 Å². The highest BCUT2D eigenvalue weighted by molar-refractivity contribution is 5.95. The van der Waals surface area contributed by atoms with Crippen LogP contribution in [0.3, 0.4) is 0 Å². The van der Waals surface area contributed by atoms with Gasteiger partial charge in [0.1, 0.15) is 6.10 Å². The first-order valence-corrected chi connectivity index (χ1v) is 7.66. The Morgan fingerprint density at radius 3 is 2.62 bits per heavy atom. The van der Waals surface area contributed by atoms with Gasteiger partial charge in [0.2, 0.25) is 5.88 Å². The quantitative estimate of drug-likeness (QED) is 0.860. The molecule has 1 fully saturated rings. The van der Waals surface area contributed by atoms with E-state index >= 15 is 0 Å². The Morgan fingerprint density at radius 2 is 2.00 bits per heavy atom. The summed E-state index contributed by atoms with van der Waals surface area (Å²) in [6, 6.07) is 12.8. The van der Waals surface area contributed by atoms with Gasteiger partial charge in [0.25, 0.3) is 5.91 Å². The second-order valence-corrected chi connectivity index (χ2v) is 5.89. The van der Waals surface area contributed by atoms with Crippen LogP contribution < -0.4 is 9.64 Å². The van der Waals surface area contributed by atoms with Gasteiger partial charge in [-0.15, -0.1) is 0 Å². The Kier molecular flexibility index (Phi) is 4.34. The van der Waals surface area contributed by atoms with Crippen LogP contribution in [0.25, 0.3) is 0 Å². The lowest BCUT2D eigenvalue weighted by Crippen LogP contribution is -2.56. The molecule has 0 spiro atoms. The smallest absolute Gasteiger partial charge is 0.254 e. The van der Waals surface area contributed by atoms with Crippen molar-refractivity contribution in [3.8, 4) is 11.9 Å². The molecular formula is C18H18N4O2. The molecule has 2 heterocycles. The number of benzene rings is 1. The molecule has 0 radical (unpaired) electrons. The molecule has 24 heavy (non-hydrogen) atoms. The summed E-state index contributed by atoms with van der Waals surface area (Å²) in [5, 5.41) is 8.87. The van der Waals surface area contributed by atoms with Gasteiger partial charge in [-0.2, -0.15) is 5.26 Å². The largest absolute Gasteiger partial charge is 0.471 e. The lowest BCUT2D eigenvalue weighted by atomic mass is 10.1. The highest BCUT2D eigenvalue weighted by atomic mass is 16.5. The van der Waals surface area contributed by atoms with E-state index in [1.807, 2.05) is 49.3 Å². The van der Waals surface area contributed by atoms with Gasteiger partial charge < -0.3 is 14.5 Å². The molecule has 0 aliphatic carbocycles. The Balaban J connectivity index is 1.56. The van der Waals surface area contributed by atoms with Crippen LogP contribution in [0.5, 0.6) is 5.88 Å². The second kappa shape index (κ2) is 6.59. The fourth-order valence-electron chi connectivity index (χ4n) is 2.48. The summed E-state index contributed by atoms with van der Waals surface area (Å²) in [5.74, 6) is 0.417. The minimum atomic E-state index is -0.0866. The third-order valence-electron chi connectivity index (χ3n) is 3.92. The van der Waals surface area contributed by atoms with Crippen molar-refractivity contribution in [3.05, 3.63) is 53.7 Å². The third-order valence-corrected chi connectivity index (χ3v) is 3.92. The van der Waals surface area contributed by atoms with Crippen molar-refractivity contribution in [2.75, 3.05) is 32.1 Å². The number of nitrogens with zero attached hydrogens (tertiary/aromatic N) is 4. The highest BCUT2D eigenvalue weighted by Crippen LogP contribution is 2.20. The fourth-order valence-corrected chi connectivity index (χ4v) is 2.48. The summed E-state index contributed by atoms with van der Waals surface area (Å²) in [6.45, 7) is 1.04. The summed E-state index contributed by atoms with van der Waals surface area (Å²) < 4.78 is 5.70. The molecule has 1 aliphatic heterocycles. The van der Waals surface area contributed by atoms with Gasteiger partial charge in [-0.3, -0.25) is 4.79 Å². The number of hydrogen-bond acceptors (Lipinski definition) is 5. The zero-order valence-electron chi connectivity index (χ0n) is 13.6. The number of pyridine rings is 1. The molecule has 3 rings (SSSR count). The second-order valence-electron chi connectivity index (χ2n) is 5.89. The normalized spacial score (nSPS) is 13.8. The SMILES string of the molecule is CN(C)c1ccc(C(=O)N2CC(Oc3cc(C#N)ccn3)C2)cc1. The van der Waals surface area contributed by atoms with Gasteiger partial charge in [-0.1, -0.05) is 0 Å². The summed E-state index contributed by atoms with van der Waals surface area (Å²) in [7, 11) is 3.92. The molecule has 0 atom stereocenters. The highest BCUT2D eigenvalue weighted by Gasteiger charge is 2.33. The van der Waals surface area contributed by atoms with Gasteiger partial charge in [0.15, 0.2) is 0 Å². The van der Waals surface area contributed by atoms with Crippen molar-refractivity contribution in [2.45, 2.75) is 6.10 Å². The van der Waals surface area contributed by atoms with Crippen LogP contribution in [0.1, 0.15) is 15.9 Å². The third kappa shape index (κ3) is 3.30. The number of ether oxygens (including phenoxy) is 1. The minimum absolute atomic E-state index is 0.00103. The van der Waals surface area contributed by atoms with Crippen LogP contribution in [-0.2, 0) is 0 Å². The van der Waals surface area contributed by atoms with Gasteiger partial charge in [0, 0.05) is 37.6 Å². The summed E-state index contributed by atoms with van der Waals surface area (Å²) >= 11 is 0. The maximum Gasteiger partial charge on any atom is 0.254 e. The molecule has 6 heteroatoms. The average molecular weight is 322 g/mol. The number of rotatable bonds is 4.